The van der Waals surface area contributed by atoms with Crippen molar-refractivity contribution >= 4 is 0 Å². The molecule has 0 bridgehead atoms. The SMILES string of the molecule is C=C/C=C(C)\C=C(/C=C)N1CCOCC1.CC.CC.CC. The third-order valence-corrected chi connectivity index (χ3v) is 2.34. The Morgan fingerprint density at radius 1 is 0.952 bits per heavy atom. The molecule has 2 heteroatoms. The maximum absolute atomic E-state index is 5.31. The molecule has 0 radical (unpaired) electrons. The summed E-state index contributed by atoms with van der Waals surface area (Å²) in [6.07, 6.45) is 7.81. The van der Waals surface area contributed by atoms with Crippen LogP contribution >= 0.6 is 0 Å². The first-order chi connectivity index (χ1) is 10.3. The first-order valence-corrected chi connectivity index (χ1v) is 8.24. The molecule has 124 valence electrons. The maximum atomic E-state index is 5.31. The molecule has 0 aromatic carbocycles. The molecular weight excluding hydrogens is 258 g/mol. The summed E-state index contributed by atoms with van der Waals surface area (Å²) in [6.45, 7) is 25.1. The van der Waals surface area contributed by atoms with Gasteiger partial charge >= 0.3 is 0 Å². The van der Waals surface area contributed by atoms with Crippen molar-refractivity contribution in [3.8, 4) is 0 Å². The molecule has 1 heterocycles. The van der Waals surface area contributed by atoms with Gasteiger partial charge in [0.2, 0.25) is 0 Å². The molecule has 21 heavy (non-hydrogen) atoms. The van der Waals surface area contributed by atoms with Gasteiger partial charge in [0.25, 0.3) is 0 Å². The fourth-order valence-corrected chi connectivity index (χ4v) is 1.57. The van der Waals surface area contributed by atoms with E-state index < -0.39 is 0 Å². The van der Waals surface area contributed by atoms with Crippen LogP contribution in [0.4, 0.5) is 0 Å². The van der Waals surface area contributed by atoms with Crippen molar-refractivity contribution in [1.29, 1.82) is 0 Å². The summed E-state index contributed by atoms with van der Waals surface area (Å²) < 4.78 is 5.31. The van der Waals surface area contributed by atoms with Crippen molar-refractivity contribution in [2.75, 3.05) is 26.3 Å². The van der Waals surface area contributed by atoms with Gasteiger partial charge in [-0.25, -0.2) is 0 Å². The molecule has 0 unspecified atom stereocenters. The Labute approximate surface area is 133 Å². The highest BCUT2D eigenvalue weighted by Gasteiger charge is 2.10. The summed E-state index contributed by atoms with van der Waals surface area (Å²) in [5.74, 6) is 0. The summed E-state index contributed by atoms with van der Waals surface area (Å²) >= 11 is 0. The van der Waals surface area contributed by atoms with Gasteiger partial charge in [0.15, 0.2) is 0 Å². The minimum Gasteiger partial charge on any atom is -0.378 e. The third-order valence-electron chi connectivity index (χ3n) is 2.34. The molecule has 0 saturated carbocycles. The van der Waals surface area contributed by atoms with Gasteiger partial charge in [0, 0.05) is 18.8 Å². The third kappa shape index (κ3) is 13.5. The van der Waals surface area contributed by atoms with Crippen LogP contribution in [-0.2, 0) is 4.74 Å². The molecule has 0 spiro atoms. The predicted octanol–water partition coefficient (Wildman–Crippen LogP) is 5.60. The molecule has 1 aliphatic heterocycles. The lowest BCUT2D eigenvalue weighted by Gasteiger charge is -2.29. The molecule has 0 aromatic heterocycles. The first kappa shape index (κ1) is 24.7. The molecule has 0 atom stereocenters. The molecule has 0 aromatic rings. The van der Waals surface area contributed by atoms with E-state index in [1.165, 1.54) is 5.57 Å². The lowest BCUT2D eigenvalue weighted by Crippen LogP contribution is -2.35. The standard InChI is InChI=1S/C13H19NO.3C2H6/c1-4-6-12(3)11-13(5-2)14-7-9-15-10-8-14;3*1-2/h4-6,11H,1-2,7-10H2,3H3;3*1-2H3/b12-6-,13-11+;;;. The number of rotatable bonds is 4. The zero-order valence-corrected chi connectivity index (χ0v) is 15.4. The summed E-state index contributed by atoms with van der Waals surface area (Å²) in [5.41, 5.74) is 2.35. The lowest BCUT2D eigenvalue weighted by molar-refractivity contribution is 0.0554. The van der Waals surface area contributed by atoms with E-state index in [0.717, 1.165) is 32.0 Å². The minimum atomic E-state index is 0.801. The fourth-order valence-electron chi connectivity index (χ4n) is 1.57. The zero-order valence-electron chi connectivity index (χ0n) is 15.4. The van der Waals surface area contributed by atoms with Gasteiger partial charge in [-0.3, -0.25) is 0 Å². The van der Waals surface area contributed by atoms with Crippen molar-refractivity contribution in [1.82, 2.24) is 4.90 Å². The topological polar surface area (TPSA) is 12.5 Å². The average Bonchev–Trinajstić information content (AvgIpc) is 2.59. The van der Waals surface area contributed by atoms with E-state index in [9.17, 15) is 0 Å². The van der Waals surface area contributed by atoms with E-state index in [1.54, 1.807) is 6.08 Å². The Kier molecular flexibility index (Phi) is 24.8. The number of allylic oxidation sites excluding steroid dienone is 5. The number of hydrogen-bond donors (Lipinski definition) is 0. The summed E-state index contributed by atoms with van der Waals surface area (Å²) in [6, 6.07) is 0. The average molecular weight is 296 g/mol. The molecule has 1 saturated heterocycles. The van der Waals surface area contributed by atoms with Crippen LogP contribution in [0.3, 0.4) is 0 Å². The van der Waals surface area contributed by atoms with Crippen molar-refractivity contribution in [2.45, 2.75) is 48.5 Å². The van der Waals surface area contributed by atoms with Crippen LogP contribution in [0.15, 0.2) is 48.7 Å². The maximum Gasteiger partial charge on any atom is 0.0642 e. The second-order valence-corrected chi connectivity index (χ2v) is 3.52. The molecular formula is C19H37NO. The van der Waals surface area contributed by atoms with E-state index in [2.05, 4.69) is 31.1 Å². The fraction of sp³-hybridized carbons (Fsp3) is 0.579. The zero-order chi connectivity index (χ0) is 17.1. The van der Waals surface area contributed by atoms with E-state index in [-0.39, 0.29) is 0 Å². The smallest absolute Gasteiger partial charge is 0.0642 e. The number of hydrogen-bond acceptors (Lipinski definition) is 2. The highest BCUT2D eigenvalue weighted by molar-refractivity contribution is 5.29. The largest absolute Gasteiger partial charge is 0.378 e. The monoisotopic (exact) mass is 295 g/mol. The summed E-state index contributed by atoms with van der Waals surface area (Å²) in [7, 11) is 0. The van der Waals surface area contributed by atoms with Crippen LogP contribution in [0.1, 0.15) is 48.5 Å². The Balaban J connectivity index is -0.000000478. The quantitative estimate of drug-likeness (QED) is 0.626. The molecule has 0 aliphatic carbocycles. The van der Waals surface area contributed by atoms with Gasteiger partial charge in [-0.05, 0) is 24.6 Å². The van der Waals surface area contributed by atoms with Crippen LogP contribution in [0.2, 0.25) is 0 Å². The highest BCUT2D eigenvalue weighted by atomic mass is 16.5. The van der Waals surface area contributed by atoms with Crippen molar-refractivity contribution in [3.05, 3.63) is 48.7 Å². The van der Waals surface area contributed by atoms with Crippen LogP contribution in [0.25, 0.3) is 0 Å². The number of ether oxygens (including phenoxy) is 1. The van der Waals surface area contributed by atoms with Gasteiger partial charge in [-0.15, -0.1) is 0 Å². The van der Waals surface area contributed by atoms with Gasteiger partial charge in [0.05, 0.1) is 13.2 Å². The molecule has 0 amide bonds. The van der Waals surface area contributed by atoms with Gasteiger partial charge in [-0.2, -0.15) is 0 Å². The number of morpholine rings is 1. The predicted molar refractivity (Wildman–Crippen MR) is 98.7 cm³/mol. The lowest BCUT2D eigenvalue weighted by atomic mass is 10.2. The van der Waals surface area contributed by atoms with Gasteiger partial charge < -0.3 is 9.64 Å². The van der Waals surface area contributed by atoms with E-state index in [0.29, 0.717) is 0 Å². The van der Waals surface area contributed by atoms with E-state index >= 15 is 0 Å². The van der Waals surface area contributed by atoms with Crippen LogP contribution in [-0.4, -0.2) is 31.2 Å². The summed E-state index contributed by atoms with van der Waals surface area (Å²) in [4.78, 5) is 2.29. The highest BCUT2D eigenvalue weighted by Crippen LogP contribution is 2.11. The molecule has 2 nitrogen and oxygen atoms in total. The first-order valence-electron chi connectivity index (χ1n) is 8.24. The normalized spacial score (nSPS) is 14.3. The Morgan fingerprint density at radius 3 is 1.81 bits per heavy atom. The van der Waals surface area contributed by atoms with Crippen LogP contribution in [0, 0.1) is 0 Å². The van der Waals surface area contributed by atoms with Crippen molar-refractivity contribution in [3.63, 3.8) is 0 Å². The Morgan fingerprint density at radius 2 is 1.43 bits per heavy atom. The van der Waals surface area contributed by atoms with Gasteiger partial charge in [-0.1, -0.05) is 66.9 Å². The van der Waals surface area contributed by atoms with E-state index in [1.807, 2.05) is 53.7 Å². The summed E-state index contributed by atoms with van der Waals surface area (Å²) in [5, 5.41) is 0. The van der Waals surface area contributed by atoms with Crippen LogP contribution < -0.4 is 0 Å². The van der Waals surface area contributed by atoms with Crippen molar-refractivity contribution in [2.24, 2.45) is 0 Å². The molecule has 1 aliphatic rings. The molecule has 1 rings (SSSR count). The van der Waals surface area contributed by atoms with Crippen LogP contribution in [0.5, 0.6) is 0 Å². The second kappa shape index (κ2) is 21.0. The Bertz CT molecular complexity index is 284. The van der Waals surface area contributed by atoms with Gasteiger partial charge in [0.1, 0.15) is 0 Å². The van der Waals surface area contributed by atoms with Crippen molar-refractivity contribution < 1.29 is 4.74 Å². The minimum absolute atomic E-state index is 0.801. The van der Waals surface area contributed by atoms with E-state index in [4.69, 9.17) is 4.74 Å². The molecule has 0 N–H and O–H groups in total. The second-order valence-electron chi connectivity index (χ2n) is 3.52. The Hall–Kier alpha value is -1.28. The molecule has 1 fully saturated rings. The number of nitrogens with zero attached hydrogens (tertiary/aromatic N) is 1.